The van der Waals surface area contributed by atoms with Crippen LogP contribution in [0.25, 0.3) is 0 Å². The molecule has 0 saturated carbocycles. The summed E-state index contributed by atoms with van der Waals surface area (Å²) in [6.07, 6.45) is 2.69. The zero-order valence-electron chi connectivity index (χ0n) is 13.0. The first-order valence-corrected chi connectivity index (χ1v) is 8.71. The van der Waals surface area contributed by atoms with Gasteiger partial charge in [0, 0.05) is 24.1 Å². The van der Waals surface area contributed by atoms with Crippen molar-refractivity contribution in [3.63, 3.8) is 0 Å². The molecule has 1 saturated heterocycles. The highest BCUT2D eigenvalue weighted by molar-refractivity contribution is 7.99. The predicted molar refractivity (Wildman–Crippen MR) is 88.9 cm³/mol. The van der Waals surface area contributed by atoms with Crippen LogP contribution in [0.4, 0.5) is 0 Å². The van der Waals surface area contributed by atoms with Gasteiger partial charge in [-0.3, -0.25) is 4.79 Å². The molecule has 0 spiro atoms. The molecule has 1 fully saturated rings. The van der Waals surface area contributed by atoms with Gasteiger partial charge < -0.3 is 10.0 Å². The van der Waals surface area contributed by atoms with E-state index < -0.39 is 5.97 Å². The van der Waals surface area contributed by atoms with E-state index in [4.69, 9.17) is 5.11 Å². The Labute approximate surface area is 131 Å². The third kappa shape index (κ3) is 5.36. The third-order valence-electron chi connectivity index (χ3n) is 4.08. The molecule has 0 amide bonds. The summed E-state index contributed by atoms with van der Waals surface area (Å²) in [5.41, 5.74) is 4.12. The first kappa shape index (κ1) is 16.4. The first-order valence-electron chi connectivity index (χ1n) is 7.66. The standard InChI is InChI=1S/C17H25NO2S/c1-13-5-6-15(14(2)10-13)12-21-16-4-3-8-18(11-16)9-7-17(19)20/h5-6,10,16H,3-4,7-9,11-12H2,1-2H3,(H,19,20). The molecule has 0 radical (unpaired) electrons. The highest BCUT2D eigenvalue weighted by Crippen LogP contribution is 2.27. The molecule has 4 heteroatoms. The molecule has 0 aromatic heterocycles. The van der Waals surface area contributed by atoms with Crippen molar-refractivity contribution < 1.29 is 9.90 Å². The molecule has 1 aromatic carbocycles. The summed E-state index contributed by atoms with van der Waals surface area (Å²) >= 11 is 2.02. The van der Waals surface area contributed by atoms with Crippen molar-refractivity contribution in [3.05, 3.63) is 34.9 Å². The van der Waals surface area contributed by atoms with Gasteiger partial charge in [-0.05, 0) is 44.4 Å². The number of hydrogen-bond acceptors (Lipinski definition) is 3. The largest absolute Gasteiger partial charge is 0.481 e. The number of rotatable bonds is 6. The molecule has 1 heterocycles. The summed E-state index contributed by atoms with van der Waals surface area (Å²) in [4.78, 5) is 13.0. The second-order valence-corrected chi connectivity index (χ2v) is 7.24. The van der Waals surface area contributed by atoms with Crippen molar-refractivity contribution in [3.8, 4) is 0 Å². The number of likely N-dealkylation sites (tertiary alicyclic amines) is 1. The van der Waals surface area contributed by atoms with Gasteiger partial charge in [0.1, 0.15) is 0 Å². The number of piperidine rings is 1. The van der Waals surface area contributed by atoms with E-state index in [-0.39, 0.29) is 6.42 Å². The number of carboxylic acids is 1. The van der Waals surface area contributed by atoms with Crippen molar-refractivity contribution in [1.82, 2.24) is 4.90 Å². The molecular formula is C17H25NO2S. The maximum absolute atomic E-state index is 10.7. The fourth-order valence-electron chi connectivity index (χ4n) is 2.82. The summed E-state index contributed by atoms with van der Waals surface area (Å²) in [5.74, 6) is 0.365. The fourth-order valence-corrected chi connectivity index (χ4v) is 4.21. The Morgan fingerprint density at radius 3 is 2.95 bits per heavy atom. The Morgan fingerprint density at radius 1 is 1.43 bits per heavy atom. The SMILES string of the molecule is Cc1ccc(CSC2CCCN(CCC(=O)O)C2)c(C)c1. The number of nitrogens with zero attached hydrogens (tertiary/aromatic N) is 1. The lowest BCUT2D eigenvalue weighted by molar-refractivity contribution is -0.137. The molecule has 0 aliphatic carbocycles. The molecule has 1 aliphatic rings. The number of aliphatic carboxylic acids is 1. The van der Waals surface area contributed by atoms with Gasteiger partial charge in [0.25, 0.3) is 0 Å². The van der Waals surface area contributed by atoms with Crippen molar-refractivity contribution in [2.24, 2.45) is 0 Å². The summed E-state index contributed by atoms with van der Waals surface area (Å²) in [6.45, 7) is 7.08. The van der Waals surface area contributed by atoms with Crippen molar-refractivity contribution >= 4 is 17.7 Å². The van der Waals surface area contributed by atoms with Crippen molar-refractivity contribution in [2.75, 3.05) is 19.6 Å². The Morgan fingerprint density at radius 2 is 2.24 bits per heavy atom. The Balaban J connectivity index is 1.81. The molecule has 1 N–H and O–H groups in total. The molecule has 1 aromatic rings. The lowest BCUT2D eigenvalue weighted by atomic mass is 10.1. The van der Waals surface area contributed by atoms with E-state index in [2.05, 4.69) is 36.9 Å². The van der Waals surface area contributed by atoms with E-state index >= 15 is 0 Å². The van der Waals surface area contributed by atoms with Crippen molar-refractivity contribution in [1.29, 1.82) is 0 Å². The molecule has 1 atom stereocenters. The Hall–Kier alpha value is -1.00. The molecular weight excluding hydrogens is 282 g/mol. The maximum Gasteiger partial charge on any atom is 0.304 e. The zero-order chi connectivity index (χ0) is 15.2. The number of carboxylic acid groups (broad SMARTS) is 1. The number of benzene rings is 1. The van der Waals surface area contributed by atoms with Gasteiger partial charge in [-0.1, -0.05) is 23.8 Å². The summed E-state index contributed by atoms with van der Waals surface area (Å²) < 4.78 is 0. The molecule has 2 rings (SSSR count). The zero-order valence-corrected chi connectivity index (χ0v) is 13.8. The van der Waals surface area contributed by atoms with Crippen LogP contribution in [0.3, 0.4) is 0 Å². The van der Waals surface area contributed by atoms with Gasteiger partial charge in [0.05, 0.1) is 6.42 Å². The molecule has 116 valence electrons. The van der Waals surface area contributed by atoms with Crippen LogP contribution in [-0.2, 0) is 10.5 Å². The van der Waals surface area contributed by atoms with Crippen molar-refractivity contribution in [2.45, 2.75) is 44.1 Å². The first-order chi connectivity index (χ1) is 10.0. The van der Waals surface area contributed by atoms with Crippen LogP contribution < -0.4 is 0 Å². The maximum atomic E-state index is 10.7. The minimum atomic E-state index is -0.694. The lowest BCUT2D eigenvalue weighted by Gasteiger charge is -2.32. The summed E-state index contributed by atoms with van der Waals surface area (Å²) in [5, 5.41) is 9.42. The van der Waals surface area contributed by atoms with Crippen LogP contribution >= 0.6 is 11.8 Å². The van der Waals surface area contributed by atoms with Gasteiger partial charge in [-0.25, -0.2) is 0 Å². The van der Waals surface area contributed by atoms with Crippen LogP contribution in [0.5, 0.6) is 0 Å². The highest BCUT2D eigenvalue weighted by atomic mass is 32.2. The topological polar surface area (TPSA) is 40.5 Å². The average molecular weight is 307 g/mol. The second-order valence-electron chi connectivity index (χ2n) is 5.95. The minimum Gasteiger partial charge on any atom is -0.481 e. The second kappa shape index (κ2) is 7.85. The van der Waals surface area contributed by atoms with E-state index in [0.29, 0.717) is 11.8 Å². The minimum absolute atomic E-state index is 0.258. The van der Waals surface area contributed by atoms with E-state index in [0.717, 1.165) is 18.8 Å². The predicted octanol–water partition coefficient (Wildman–Crippen LogP) is 3.48. The fraction of sp³-hybridized carbons (Fsp3) is 0.588. The normalized spacial score (nSPS) is 19.6. The average Bonchev–Trinajstić information content (AvgIpc) is 2.45. The third-order valence-corrected chi connectivity index (χ3v) is 5.41. The van der Waals surface area contributed by atoms with Crippen LogP contribution in [0.1, 0.15) is 36.0 Å². The van der Waals surface area contributed by atoms with Crippen LogP contribution in [0.2, 0.25) is 0 Å². The van der Waals surface area contributed by atoms with Gasteiger partial charge in [-0.2, -0.15) is 11.8 Å². The number of aryl methyl sites for hydroxylation is 2. The van der Waals surface area contributed by atoms with Crippen LogP contribution in [0, 0.1) is 13.8 Å². The van der Waals surface area contributed by atoms with E-state index in [9.17, 15) is 4.79 Å². The smallest absolute Gasteiger partial charge is 0.304 e. The number of hydrogen-bond donors (Lipinski definition) is 1. The quantitative estimate of drug-likeness (QED) is 0.873. The molecule has 1 unspecified atom stereocenters. The van der Waals surface area contributed by atoms with E-state index in [1.807, 2.05) is 11.8 Å². The molecule has 3 nitrogen and oxygen atoms in total. The van der Waals surface area contributed by atoms with Gasteiger partial charge >= 0.3 is 5.97 Å². The molecule has 0 bridgehead atoms. The summed E-state index contributed by atoms with van der Waals surface area (Å²) in [6, 6.07) is 6.67. The number of thioether (sulfide) groups is 1. The van der Waals surface area contributed by atoms with Gasteiger partial charge in [0.15, 0.2) is 0 Å². The molecule has 1 aliphatic heterocycles. The highest BCUT2D eigenvalue weighted by Gasteiger charge is 2.20. The Kier molecular flexibility index (Phi) is 6.12. The summed E-state index contributed by atoms with van der Waals surface area (Å²) in [7, 11) is 0. The van der Waals surface area contributed by atoms with E-state index in [1.165, 1.54) is 29.5 Å². The monoisotopic (exact) mass is 307 g/mol. The Bertz CT molecular complexity index is 490. The van der Waals surface area contributed by atoms with Crippen LogP contribution in [-0.4, -0.2) is 40.9 Å². The lowest BCUT2D eigenvalue weighted by Crippen LogP contribution is -2.38. The number of carbonyl (C=O) groups is 1. The van der Waals surface area contributed by atoms with Gasteiger partial charge in [-0.15, -0.1) is 0 Å². The van der Waals surface area contributed by atoms with E-state index in [1.54, 1.807) is 0 Å². The molecule has 21 heavy (non-hydrogen) atoms. The van der Waals surface area contributed by atoms with Crippen LogP contribution in [0.15, 0.2) is 18.2 Å². The van der Waals surface area contributed by atoms with Gasteiger partial charge in [0.2, 0.25) is 0 Å².